The zero-order valence-electron chi connectivity index (χ0n) is 16.6. The van der Waals surface area contributed by atoms with Gasteiger partial charge >= 0.3 is 11.9 Å². The van der Waals surface area contributed by atoms with Crippen LogP contribution in [0.15, 0.2) is 52.7 Å². The van der Waals surface area contributed by atoms with Gasteiger partial charge in [-0.3, -0.25) is 4.79 Å². The highest BCUT2D eigenvalue weighted by Gasteiger charge is 2.25. The highest BCUT2D eigenvalue weighted by molar-refractivity contribution is 5.77. The third-order valence-corrected chi connectivity index (χ3v) is 5.56. The second-order valence-electron chi connectivity index (χ2n) is 7.51. The molecule has 0 saturated carbocycles. The average molecular weight is 393 g/mol. The third-order valence-electron chi connectivity index (χ3n) is 5.56. The van der Waals surface area contributed by atoms with Crippen LogP contribution in [0, 0.1) is 5.92 Å². The molecule has 0 bridgehead atoms. The largest absolute Gasteiger partial charge is 0.481 e. The van der Waals surface area contributed by atoms with Crippen molar-refractivity contribution >= 4 is 40.0 Å². The average Bonchev–Trinajstić information content (AvgIpc) is 2.96. The summed E-state index contributed by atoms with van der Waals surface area (Å²) in [6, 6.07) is 13.5. The number of imidazole rings is 1. The molecule has 0 amide bonds. The monoisotopic (exact) mass is 393 g/mol. The van der Waals surface area contributed by atoms with Gasteiger partial charge in [-0.15, -0.1) is 0 Å². The summed E-state index contributed by atoms with van der Waals surface area (Å²) in [5, 5.41) is 18.1. The molecule has 150 valence electrons. The van der Waals surface area contributed by atoms with Crippen molar-refractivity contribution in [2.45, 2.75) is 12.8 Å². The molecule has 8 heteroatoms. The van der Waals surface area contributed by atoms with Crippen molar-refractivity contribution < 1.29 is 14.5 Å². The van der Waals surface area contributed by atoms with Gasteiger partial charge in [-0.05, 0) is 49.2 Å². The summed E-state index contributed by atoms with van der Waals surface area (Å²) in [6.45, 7) is 1.42. The number of carboxylic acid groups (broad SMARTS) is 1. The van der Waals surface area contributed by atoms with Crippen molar-refractivity contribution in [3.8, 4) is 0 Å². The summed E-state index contributed by atoms with van der Waals surface area (Å²) in [6.07, 6.45) is 1.63. The number of benzene rings is 2. The van der Waals surface area contributed by atoms with E-state index in [-0.39, 0.29) is 5.92 Å². The number of aryl methyl sites for hydroxylation is 2. The molecule has 0 radical (unpaired) electrons. The fourth-order valence-electron chi connectivity index (χ4n) is 3.91. The van der Waals surface area contributed by atoms with Gasteiger partial charge in [0, 0.05) is 35.6 Å². The van der Waals surface area contributed by atoms with Crippen LogP contribution < -0.4 is 15.2 Å². The van der Waals surface area contributed by atoms with Gasteiger partial charge in [0.25, 0.3) is 0 Å². The van der Waals surface area contributed by atoms with E-state index in [1.54, 1.807) is 0 Å². The molecule has 8 nitrogen and oxygen atoms in total. The van der Waals surface area contributed by atoms with Gasteiger partial charge in [-0.2, -0.15) is 0 Å². The van der Waals surface area contributed by atoms with E-state index in [1.165, 1.54) is 0 Å². The maximum Gasteiger partial charge on any atom is 0.422 e. The number of hydrogen-bond donors (Lipinski definition) is 2. The number of azo groups is 1. The normalized spacial score (nSPS) is 17.3. The molecule has 1 unspecified atom stereocenters. The van der Waals surface area contributed by atoms with E-state index in [0.717, 1.165) is 47.7 Å². The number of aliphatic carboxylic acids is 1. The van der Waals surface area contributed by atoms with Crippen molar-refractivity contribution in [2.24, 2.45) is 30.2 Å². The lowest BCUT2D eigenvalue weighted by Gasteiger charge is -2.32. The maximum atomic E-state index is 11.3. The quantitative estimate of drug-likeness (QED) is 0.403. The van der Waals surface area contributed by atoms with Crippen LogP contribution in [0.2, 0.25) is 0 Å². The molecule has 3 aromatic rings. The summed E-state index contributed by atoms with van der Waals surface area (Å²) >= 11 is 0. The van der Waals surface area contributed by atoms with Gasteiger partial charge in [-0.1, -0.05) is 5.11 Å². The Hall–Kier alpha value is -3.42. The van der Waals surface area contributed by atoms with Gasteiger partial charge in [-0.25, -0.2) is 9.13 Å². The van der Waals surface area contributed by atoms with E-state index in [4.69, 9.17) is 5.73 Å². The van der Waals surface area contributed by atoms with Crippen molar-refractivity contribution in [2.75, 3.05) is 23.7 Å². The molecule has 1 saturated heterocycles. The minimum Gasteiger partial charge on any atom is -0.481 e. The van der Waals surface area contributed by atoms with E-state index in [2.05, 4.69) is 15.1 Å². The molecular weight excluding hydrogens is 368 g/mol. The van der Waals surface area contributed by atoms with Crippen LogP contribution in [0.1, 0.15) is 12.8 Å². The Morgan fingerprint density at radius 3 is 2.69 bits per heavy atom. The number of anilines is 2. The first kappa shape index (κ1) is 18.9. The smallest absolute Gasteiger partial charge is 0.422 e. The van der Waals surface area contributed by atoms with Crippen LogP contribution in [0.4, 0.5) is 23.0 Å². The molecule has 29 heavy (non-hydrogen) atoms. The second-order valence-corrected chi connectivity index (χ2v) is 7.51. The predicted molar refractivity (Wildman–Crippen MR) is 112 cm³/mol. The topological polar surface area (TPSA) is 100 Å². The number of hydrogen-bond acceptors (Lipinski definition) is 5. The van der Waals surface area contributed by atoms with Crippen LogP contribution in [0.25, 0.3) is 11.0 Å². The van der Waals surface area contributed by atoms with Crippen LogP contribution in [0.3, 0.4) is 0 Å². The zero-order valence-corrected chi connectivity index (χ0v) is 16.6. The standard InChI is InChI=1S/C21H24N6O2/c1-25-18-10-5-15(22)12-19(18)26(2)21(25)24-23-16-6-8-17(9-7-16)27-11-3-4-14(13-27)20(28)29/h5-10,12,14H,3-4,11,13H2,1-2H3,(H2-,22,23,28,29)/p+1. The van der Waals surface area contributed by atoms with Crippen LogP contribution in [-0.2, 0) is 18.9 Å². The molecule has 4 rings (SSSR count). The SMILES string of the molecule is Cn1c(N=Nc2ccc(N3CCCC(C(=O)O)C3)cc2)[n+](C)c2ccc(N)cc21. The molecule has 1 aromatic heterocycles. The number of fused-ring (bicyclic) bond motifs is 1. The summed E-state index contributed by atoms with van der Waals surface area (Å²) in [5.74, 6) is -0.302. The Kier molecular flexibility index (Phi) is 4.92. The van der Waals surface area contributed by atoms with Gasteiger partial charge in [0.15, 0.2) is 0 Å². The van der Waals surface area contributed by atoms with E-state index >= 15 is 0 Å². The Labute approximate surface area is 168 Å². The fourth-order valence-corrected chi connectivity index (χ4v) is 3.91. The minimum absolute atomic E-state index is 0.302. The molecule has 3 N–H and O–H groups in total. The lowest BCUT2D eigenvalue weighted by molar-refractivity contribution is -0.632. The van der Waals surface area contributed by atoms with E-state index in [0.29, 0.717) is 12.2 Å². The summed E-state index contributed by atoms with van der Waals surface area (Å²) in [5.41, 5.74) is 10.4. The first-order valence-electron chi connectivity index (χ1n) is 9.67. The molecule has 2 heterocycles. The van der Waals surface area contributed by atoms with E-state index in [9.17, 15) is 9.90 Å². The number of nitrogens with zero attached hydrogens (tertiary/aromatic N) is 5. The summed E-state index contributed by atoms with van der Waals surface area (Å²) < 4.78 is 3.94. The number of carbonyl (C=O) groups is 1. The molecule has 0 aliphatic carbocycles. The van der Waals surface area contributed by atoms with Crippen LogP contribution in [-0.4, -0.2) is 28.7 Å². The molecule has 1 aliphatic heterocycles. The molecular formula is C21H25N6O2+. The summed E-state index contributed by atoms with van der Waals surface area (Å²) in [4.78, 5) is 13.4. The molecule has 1 aliphatic rings. The number of aromatic nitrogens is 2. The van der Waals surface area contributed by atoms with Crippen LogP contribution in [0.5, 0.6) is 0 Å². The lowest BCUT2D eigenvalue weighted by Crippen LogP contribution is -2.38. The molecule has 1 atom stereocenters. The number of nitrogens with two attached hydrogens (primary N) is 1. The van der Waals surface area contributed by atoms with Crippen molar-refractivity contribution in [1.82, 2.24) is 4.57 Å². The highest BCUT2D eigenvalue weighted by atomic mass is 16.4. The van der Waals surface area contributed by atoms with Gasteiger partial charge in [0.2, 0.25) is 0 Å². The number of nitrogen functional groups attached to an aromatic ring is 1. The van der Waals surface area contributed by atoms with Crippen molar-refractivity contribution in [1.29, 1.82) is 0 Å². The molecule has 1 fully saturated rings. The first-order valence-corrected chi connectivity index (χ1v) is 9.67. The Bertz CT molecular complexity index is 1090. The maximum absolute atomic E-state index is 11.3. The Morgan fingerprint density at radius 1 is 1.21 bits per heavy atom. The highest BCUT2D eigenvalue weighted by Crippen LogP contribution is 2.27. The third kappa shape index (κ3) is 3.65. The number of rotatable bonds is 4. The number of carboxylic acids is 1. The minimum atomic E-state index is -0.718. The van der Waals surface area contributed by atoms with Gasteiger partial charge in [0.1, 0.15) is 16.7 Å². The predicted octanol–water partition coefficient (Wildman–Crippen LogP) is 3.30. The van der Waals surface area contributed by atoms with Gasteiger partial charge < -0.3 is 15.7 Å². The Balaban J connectivity index is 1.54. The summed E-state index contributed by atoms with van der Waals surface area (Å²) in [7, 11) is 3.89. The Morgan fingerprint density at radius 2 is 1.97 bits per heavy atom. The molecule has 0 spiro atoms. The van der Waals surface area contributed by atoms with Crippen molar-refractivity contribution in [3.63, 3.8) is 0 Å². The second kappa shape index (κ2) is 7.54. The van der Waals surface area contributed by atoms with Crippen molar-refractivity contribution in [3.05, 3.63) is 42.5 Å². The van der Waals surface area contributed by atoms with E-state index in [1.807, 2.05) is 65.7 Å². The first-order chi connectivity index (χ1) is 13.9. The van der Waals surface area contributed by atoms with Crippen LogP contribution >= 0.6 is 0 Å². The number of piperidine rings is 1. The lowest BCUT2D eigenvalue weighted by atomic mass is 9.98. The van der Waals surface area contributed by atoms with E-state index < -0.39 is 5.97 Å². The fraction of sp³-hybridized carbons (Fsp3) is 0.333. The van der Waals surface area contributed by atoms with Gasteiger partial charge in [0.05, 0.1) is 20.0 Å². The molecule has 2 aromatic carbocycles. The zero-order chi connectivity index (χ0) is 20.5.